The lowest BCUT2D eigenvalue weighted by molar-refractivity contribution is -0.142. The molecule has 0 radical (unpaired) electrons. The molecule has 0 aliphatic rings. The van der Waals surface area contributed by atoms with E-state index in [0.29, 0.717) is 11.1 Å². The average molecular weight is 288 g/mol. The van der Waals surface area contributed by atoms with Crippen molar-refractivity contribution in [1.82, 2.24) is 0 Å². The lowest BCUT2D eigenvalue weighted by Crippen LogP contribution is -2.13. The molecule has 0 spiro atoms. The maximum Gasteiger partial charge on any atom is 0.334 e. The Labute approximate surface area is 121 Å². The Morgan fingerprint density at radius 2 is 1.71 bits per heavy atom. The number of hydrogen-bond acceptors (Lipinski definition) is 2. The van der Waals surface area contributed by atoms with Crippen LogP contribution in [0.25, 0.3) is 0 Å². The minimum atomic E-state index is -0.814. The van der Waals surface area contributed by atoms with Gasteiger partial charge in [-0.25, -0.2) is 13.6 Å². The van der Waals surface area contributed by atoms with E-state index in [1.165, 1.54) is 49.4 Å². The molecule has 0 saturated heterocycles. The molecule has 0 bridgehead atoms. The smallest absolute Gasteiger partial charge is 0.334 e. The molecule has 4 heteroatoms. The van der Waals surface area contributed by atoms with E-state index in [9.17, 15) is 13.6 Å². The predicted octanol–water partition coefficient (Wildman–Crippen LogP) is 4.17. The molecule has 1 unspecified atom stereocenters. The molecule has 0 fully saturated rings. The molecule has 0 N–H and O–H groups in total. The van der Waals surface area contributed by atoms with Crippen molar-refractivity contribution in [3.05, 3.63) is 83.4 Å². The summed E-state index contributed by atoms with van der Waals surface area (Å²) >= 11 is 0. The molecule has 0 amide bonds. The number of benzene rings is 2. The van der Waals surface area contributed by atoms with E-state index in [2.05, 4.69) is 6.58 Å². The summed E-state index contributed by atoms with van der Waals surface area (Å²) in [6.07, 6.45) is -0.814. The minimum absolute atomic E-state index is 0.235. The Balaban J connectivity index is 2.41. The van der Waals surface area contributed by atoms with Gasteiger partial charge in [0.15, 0.2) is 6.10 Å². The van der Waals surface area contributed by atoms with E-state index >= 15 is 0 Å². The topological polar surface area (TPSA) is 26.3 Å². The van der Waals surface area contributed by atoms with Gasteiger partial charge in [0.25, 0.3) is 0 Å². The SMILES string of the molecule is C=C(C)C(=O)OC(c1ccc(F)cc1)c1cccc(F)c1. The van der Waals surface area contributed by atoms with E-state index < -0.39 is 23.7 Å². The summed E-state index contributed by atoms with van der Waals surface area (Å²) in [6, 6.07) is 11.3. The predicted molar refractivity (Wildman–Crippen MR) is 75.5 cm³/mol. The Hall–Kier alpha value is -2.49. The van der Waals surface area contributed by atoms with Gasteiger partial charge in [-0.1, -0.05) is 30.8 Å². The summed E-state index contributed by atoms with van der Waals surface area (Å²) in [5.41, 5.74) is 1.26. The molecule has 0 heterocycles. The van der Waals surface area contributed by atoms with Gasteiger partial charge in [0.1, 0.15) is 11.6 Å². The molecular weight excluding hydrogens is 274 g/mol. The van der Waals surface area contributed by atoms with Gasteiger partial charge in [-0.05, 0) is 42.3 Å². The maximum absolute atomic E-state index is 13.4. The third kappa shape index (κ3) is 3.75. The van der Waals surface area contributed by atoms with E-state index in [4.69, 9.17) is 4.74 Å². The second-order valence-electron chi connectivity index (χ2n) is 4.67. The summed E-state index contributed by atoms with van der Waals surface area (Å²) in [5, 5.41) is 0. The molecule has 2 rings (SSSR count). The van der Waals surface area contributed by atoms with Crippen LogP contribution in [0.3, 0.4) is 0 Å². The average Bonchev–Trinajstić information content (AvgIpc) is 2.45. The van der Waals surface area contributed by atoms with E-state index in [1.54, 1.807) is 6.07 Å². The largest absolute Gasteiger partial charge is 0.449 e. The molecule has 2 aromatic carbocycles. The fourth-order valence-corrected chi connectivity index (χ4v) is 1.84. The number of rotatable bonds is 4. The first-order valence-electron chi connectivity index (χ1n) is 6.35. The van der Waals surface area contributed by atoms with Crippen LogP contribution in [-0.2, 0) is 9.53 Å². The first-order valence-corrected chi connectivity index (χ1v) is 6.35. The van der Waals surface area contributed by atoms with Crippen LogP contribution < -0.4 is 0 Å². The monoisotopic (exact) mass is 288 g/mol. The van der Waals surface area contributed by atoms with Crippen molar-refractivity contribution in [3.8, 4) is 0 Å². The zero-order valence-electron chi connectivity index (χ0n) is 11.5. The van der Waals surface area contributed by atoms with Crippen LogP contribution in [0, 0.1) is 11.6 Å². The van der Waals surface area contributed by atoms with E-state index in [0.717, 1.165) is 0 Å². The van der Waals surface area contributed by atoms with Crippen LogP contribution in [-0.4, -0.2) is 5.97 Å². The fourth-order valence-electron chi connectivity index (χ4n) is 1.84. The zero-order chi connectivity index (χ0) is 15.4. The van der Waals surface area contributed by atoms with Gasteiger partial charge >= 0.3 is 5.97 Å². The highest BCUT2D eigenvalue weighted by molar-refractivity contribution is 5.87. The molecule has 1 atom stereocenters. The molecule has 0 saturated carbocycles. The Bertz CT molecular complexity index is 663. The quantitative estimate of drug-likeness (QED) is 0.623. The molecule has 0 aliphatic heterocycles. The highest BCUT2D eigenvalue weighted by atomic mass is 19.1. The van der Waals surface area contributed by atoms with Crippen LogP contribution in [0.5, 0.6) is 0 Å². The summed E-state index contributed by atoms with van der Waals surface area (Å²) in [6.45, 7) is 5.04. The van der Waals surface area contributed by atoms with Crippen molar-refractivity contribution in [3.63, 3.8) is 0 Å². The summed E-state index contributed by atoms with van der Waals surface area (Å²) in [4.78, 5) is 11.8. The molecule has 0 aromatic heterocycles. The standard InChI is InChI=1S/C17H14F2O2/c1-11(2)17(20)21-16(12-6-8-14(18)9-7-12)13-4-3-5-15(19)10-13/h3-10,16H,1H2,2H3. The summed E-state index contributed by atoms with van der Waals surface area (Å²) < 4.78 is 31.8. The Morgan fingerprint density at radius 3 is 2.29 bits per heavy atom. The van der Waals surface area contributed by atoms with Crippen LogP contribution in [0.4, 0.5) is 8.78 Å². The molecule has 2 aromatic rings. The second-order valence-corrected chi connectivity index (χ2v) is 4.67. The second kappa shape index (κ2) is 6.31. The van der Waals surface area contributed by atoms with Crippen molar-refractivity contribution in [2.24, 2.45) is 0 Å². The van der Waals surface area contributed by atoms with Gasteiger partial charge in [0.05, 0.1) is 0 Å². The van der Waals surface area contributed by atoms with Gasteiger partial charge in [0, 0.05) is 5.57 Å². The maximum atomic E-state index is 13.4. The zero-order valence-corrected chi connectivity index (χ0v) is 11.5. The molecule has 2 nitrogen and oxygen atoms in total. The first-order chi connectivity index (χ1) is 9.97. The van der Waals surface area contributed by atoms with Crippen LogP contribution in [0.15, 0.2) is 60.7 Å². The normalized spacial score (nSPS) is 11.8. The Kier molecular flexibility index (Phi) is 4.48. The first kappa shape index (κ1) is 14.9. The van der Waals surface area contributed by atoms with Crippen molar-refractivity contribution < 1.29 is 18.3 Å². The molecule has 0 aliphatic carbocycles. The number of esters is 1. The third-order valence-electron chi connectivity index (χ3n) is 2.90. The summed E-state index contributed by atoms with van der Waals surface area (Å²) in [5.74, 6) is -1.43. The Morgan fingerprint density at radius 1 is 1.05 bits per heavy atom. The van der Waals surface area contributed by atoms with Crippen LogP contribution in [0.2, 0.25) is 0 Å². The van der Waals surface area contributed by atoms with E-state index in [-0.39, 0.29) is 5.57 Å². The fraction of sp³-hybridized carbons (Fsp3) is 0.118. The number of hydrogen-bond donors (Lipinski definition) is 0. The number of carbonyl (C=O) groups excluding carboxylic acids is 1. The van der Waals surface area contributed by atoms with Crippen molar-refractivity contribution in [1.29, 1.82) is 0 Å². The van der Waals surface area contributed by atoms with Crippen molar-refractivity contribution >= 4 is 5.97 Å². The lowest BCUT2D eigenvalue weighted by atomic mass is 10.0. The van der Waals surface area contributed by atoms with Gasteiger partial charge < -0.3 is 4.74 Å². The van der Waals surface area contributed by atoms with E-state index in [1.807, 2.05) is 0 Å². The summed E-state index contributed by atoms with van der Waals surface area (Å²) in [7, 11) is 0. The molecule has 108 valence electrons. The number of ether oxygens (including phenoxy) is 1. The minimum Gasteiger partial charge on any atom is -0.449 e. The van der Waals surface area contributed by atoms with Gasteiger partial charge in [0.2, 0.25) is 0 Å². The highest BCUT2D eigenvalue weighted by Gasteiger charge is 2.20. The lowest BCUT2D eigenvalue weighted by Gasteiger charge is -2.19. The number of halogens is 2. The molecule has 21 heavy (non-hydrogen) atoms. The van der Waals surface area contributed by atoms with Gasteiger partial charge in [-0.15, -0.1) is 0 Å². The van der Waals surface area contributed by atoms with Gasteiger partial charge in [-0.2, -0.15) is 0 Å². The van der Waals surface area contributed by atoms with Crippen molar-refractivity contribution in [2.75, 3.05) is 0 Å². The third-order valence-corrected chi connectivity index (χ3v) is 2.90. The molecular formula is C17H14F2O2. The van der Waals surface area contributed by atoms with Crippen LogP contribution >= 0.6 is 0 Å². The number of carbonyl (C=O) groups is 1. The van der Waals surface area contributed by atoms with Crippen LogP contribution in [0.1, 0.15) is 24.2 Å². The van der Waals surface area contributed by atoms with Crippen molar-refractivity contribution in [2.45, 2.75) is 13.0 Å². The highest BCUT2D eigenvalue weighted by Crippen LogP contribution is 2.27. The van der Waals surface area contributed by atoms with Gasteiger partial charge in [-0.3, -0.25) is 0 Å².